The molecule has 2 fully saturated rings. The van der Waals surface area contributed by atoms with Gasteiger partial charge >= 0.3 is 0 Å². The van der Waals surface area contributed by atoms with Crippen LogP contribution in [-0.4, -0.2) is 35.1 Å². The number of rotatable bonds is 5. The molecule has 1 aromatic rings. The van der Waals surface area contributed by atoms with Gasteiger partial charge in [0.25, 0.3) is 0 Å². The maximum Gasteiger partial charge on any atom is 0.238 e. The molecule has 2 aliphatic rings. The summed E-state index contributed by atoms with van der Waals surface area (Å²) in [4.78, 5) is 15.1. The SMILES string of the molecule is Cc1noc(C)c1[C@H](C)NC(=O)[C@H](C1CC1)N1CCCC1. The van der Waals surface area contributed by atoms with Crippen molar-refractivity contribution in [1.29, 1.82) is 0 Å². The van der Waals surface area contributed by atoms with Gasteiger partial charge in [-0.05, 0) is 65.5 Å². The lowest BCUT2D eigenvalue weighted by atomic mass is 10.1. The van der Waals surface area contributed by atoms with Crippen molar-refractivity contribution >= 4 is 5.91 Å². The molecular weight excluding hydrogens is 266 g/mol. The number of amides is 1. The third kappa shape index (κ3) is 2.98. The van der Waals surface area contributed by atoms with Gasteiger partial charge in [-0.1, -0.05) is 5.16 Å². The summed E-state index contributed by atoms with van der Waals surface area (Å²) in [5.41, 5.74) is 1.88. The molecule has 2 heterocycles. The van der Waals surface area contributed by atoms with Gasteiger partial charge in [0.1, 0.15) is 5.76 Å². The second-order valence-electron chi connectivity index (χ2n) is 6.49. The maximum absolute atomic E-state index is 12.7. The molecule has 116 valence electrons. The fourth-order valence-electron chi connectivity index (χ4n) is 3.59. The van der Waals surface area contributed by atoms with E-state index in [4.69, 9.17) is 4.52 Å². The molecule has 5 nitrogen and oxygen atoms in total. The molecule has 5 heteroatoms. The van der Waals surface area contributed by atoms with Crippen molar-refractivity contribution in [3.8, 4) is 0 Å². The first-order valence-electron chi connectivity index (χ1n) is 8.05. The Kier molecular flexibility index (Phi) is 4.02. The summed E-state index contributed by atoms with van der Waals surface area (Å²) in [7, 11) is 0. The number of nitrogens with zero attached hydrogens (tertiary/aromatic N) is 2. The Hall–Kier alpha value is -1.36. The quantitative estimate of drug-likeness (QED) is 0.904. The number of aromatic nitrogens is 1. The van der Waals surface area contributed by atoms with Gasteiger partial charge in [0.15, 0.2) is 0 Å². The minimum absolute atomic E-state index is 0.0485. The molecule has 3 rings (SSSR count). The lowest BCUT2D eigenvalue weighted by Gasteiger charge is -2.28. The van der Waals surface area contributed by atoms with Crippen LogP contribution in [0.4, 0.5) is 0 Å². The first-order valence-corrected chi connectivity index (χ1v) is 8.05. The molecule has 0 aromatic carbocycles. The third-order valence-corrected chi connectivity index (χ3v) is 4.75. The number of aryl methyl sites for hydroxylation is 2. The fraction of sp³-hybridized carbons (Fsp3) is 0.750. The zero-order chi connectivity index (χ0) is 15.0. The Morgan fingerprint density at radius 2 is 2.00 bits per heavy atom. The topological polar surface area (TPSA) is 58.4 Å². The van der Waals surface area contributed by atoms with E-state index in [-0.39, 0.29) is 18.0 Å². The highest BCUT2D eigenvalue weighted by Crippen LogP contribution is 2.37. The molecular formula is C16H25N3O2. The summed E-state index contributed by atoms with van der Waals surface area (Å²) in [6.07, 6.45) is 4.81. The van der Waals surface area contributed by atoms with E-state index in [1.165, 1.54) is 25.7 Å². The average molecular weight is 291 g/mol. The molecule has 1 aromatic heterocycles. The minimum Gasteiger partial charge on any atom is -0.361 e. The zero-order valence-electron chi connectivity index (χ0n) is 13.2. The number of likely N-dealkylation sites (tertiary alicyclic amines) is 1. The summed E-state index contributed by atoms with van der Waals surface area (Å²) >= 11 is 0. The Labute approximate surface area is 126 Å². The predicted octanol–water partition coefficient (Wildman–Crippen LogP) is 2.34. The van der Waals surface area contributed by atoms with Gasteiger partial charge in [-0.2, -0.15) is 0 Å². The molecule has 1 aliphatic heterocycles. The molecule has 1 saturated carbocycles. The van der Waals surface area contributed by atoms with E-state index in [0.717, 1.165) is 30.1 Å². The van der Waals surface area contributed by atoms with Crippen LogP contribution in [0, 0.1) is 19.8 Å². The Morgan fingerprint density at radius 1 is 1.33 bits per heavy atom. The molecule has 1 aliphatic carbocycles. The summed E-state index contributed by atoms with van der Waals surface area (Å²) in [6.45, 7) is 7.96. The largest absolute Gasteiger partial charge is 0.361 e. The summed E-state index contributed by atoms with van der Waals surface area (Å²) < 4.78 is 5.21. The van der Waals surface area contributed by atoms with Gasteiger partial charge in [0.05, 0.1) is 17.8 Å². The molecule has 0 bridgehead atoms. The van der Waals surface area contributed by atoms with Crippen molar-refractivity contribution in [2.45, 2.75) is 58.5 Å². The van der Waals surface area contributed by atoms with Gasteiger partial charge < -0.3 is 9.84 Å². The van der Waals surface area contributed by atoms with Crippen LogP contribution in [0.3, 0.4) is 0 Å². The van der Waals surface area contributed by atoms with Gasteiger partial charge in [-0.3, -0.25) is 9.69 Å². The first-order chi connectivity index (χ1) is 10.1. The van der Waals surface area contributed by atoms with Crippen molar-refractivity contribution in [1.82, 2.24) is 15.4 Å². The van der Waals surface area contributed by atoms with Crippen LogP contribution in [0.15, 0.2) is 4.52 Å². The zero-order valence-corrected chi connectivity index (χ0v) is 13.2. The molecule has 1 amide bonds. The highest BCUT2D eigenvalue weighted by molar-refractivity contribution is 5.83. The Balaban J connectivity index is 1.69. The highest BCUT2D eigenvalue weighted by Gasteiger charge is 2.41. The standard InChI is InChI=1S/C16H25N3O2/c1-10(14-11(2)18-21-12(14)3)17-16(20)15(13-6-7-13)19-8-4-5-9-19/h10,13,15H,4-9H2,1-3H3,(H,17,20)/t10-,15-/m0/s1. The van der Waals surface area contributed by atoms with E-state index in [0.29, 0.717) is 5.92 Å². The van der Waals surface area contributed by atoms with Crippen molar-refractivity contribution < 1.29 is 9.32 Å². The molecule has 0 spiro atoms. The maximum atomic E-state index is 12.7. The van der Waals surface area contributed by atoms with E-state index in [1.807, 2.05) is 20.8 Å². The smallest absolute Gasteiger partial charge is 0.238 e. The number of nitrogens with one attached hydrogen (secondary N) is 1. The van der Waals surface area contributed by atoms with Crippen LogP contribution in [0.25, 0.3) is 0 Å². The van der Waals surface area contributed by atoms with Gasteiger partial charge in [-0.25, -0.2) is 0 Å². The van der Waals surface area contributed by atoms with E-state index in [9.17, 15) is 4.79 Å². The fourth-order valence-corrected chi connectivity index (χ4v) is 3.59. The van der Waals surface area contributed by atoms with Crippen molar-refractivity contribution in [2.75, 3.05) is 13.1 Å². The summed E-state index contributed by atoms with van der Waals surface area (Å²) in [5.74, 6) is 1.52. The van der Waals surface area contributed by atoms with Crippen molar-refractivity contribution in [3.05, 3.63) is 17.0 Å². The summed E-state index contributed by atoms with van der Waals surface area (Å²) in [5, 5.41) is 7.16. The van der Waals surface area contributed by atoms with Crippen LogP contribution in [0.2, 0.25) is 0 Å². The third-order valence-electron chi connectivity index (χ3n) is 4.75. The number of hydrogen-bond acceptors (Lipinski definition) is 4. The van der Waals surface area contributed by atoms with Crippen molar-refractivity contribution in [3.63, 3.8) is 0 Å². The van der Waals surface area contributed by atoms with E-state index < -0.39 is 0 Å². The van der Waals surface area contributed by atoms with E-state index >= 15 is 0 Å². The molecule has 0 radical (unpaired) electrons. The second-order valence-corrected chi connectivity index (χ2v) is 6.49. The van der Waals surface area contributed by atoms with Gasteiger partial charge in [0, 0.05) is 5.56 Å². The molecule has 1 saturated heterocycles. The minimum atomic E-state index is -0.0485. The highest BCUT2D eigenvalue weighted by atomic mass is 16.5. The number of carbonyl (C=O) groups is 1. The van der Waals surface area contributed by atoms with Crippen LogP contribution < -0.4 is 5.32 Å². The van der Waals surface area contributed by atoms with Crippen LogP contribution >= 0.6 is 0 Å². The number of carbonyl (C=O) groups excluding carboxylic acids is 1. The lowest BCUT2D eigenvalue weighted by Crippen LogP contribution is -2.47. The van der Waals surface area contributed by atoms with E-state index in [2.05, 4.69) is 15.4 Å². The normalized spacial score (nSPS) is 22.2. The monoisotopic (exact) mass is 291 g/mol. The molecule has 1 N–H and O–H groups in total. The predicted molar refractivity (Wildman–Crippen MR) is 79.9 cm³/mol. The van der Waals surface area contributed by atoms with Gasteiger partial charge in [0.2, 0.25) is 5.91 Å². The molecule has 21 heavy (non-hydrogen) atoms. The van der Waals surface area contributed by atoms with Gasteiger partial charge in [-0.15, -0.1) is 0 Å². The van der Waals surface area contributed by atoms with E-state index in [1.54, 1.807) is 0 Å². The molecule has 2 atom stereocenters. The first kappa shape index (κ1) is 14.6. The average Bonchev–Trinajstić information content (AvgIpc) is 2.98. The van der Waals surface area contributed by atoms with Crippen molar-refractivity contribution in [2.24, 2.45) is 5.92 Å². The molecule has 0 unspecified atom stereocenters. The summed E-state index contributed by atoms with van der Waals surface area (Å²) in [6, 6.07) is 0.0167. The lowest BCUT2D eigenvalue weighted by molar-refractivity contribution is -0.127. The van der Waals surface area contributed by atoms with Crippen LogP contribution in [0.5, 0.6) is 0 Å². The van der Waals surface area contributed by atoms with Crippen LogP contribution in [0.1, 0.15) is 55.7 Å². The number of hydrogen-bond donors (Lipinski definition) is 1. The van der Waals surface area contributed by atoms with Crippen LogP contribution in [-0.2, 0) is 4.79 Å². The Morgan fingerprint density at radius 3 is 2.52 bits per heavy atom. The Bertz CT molecular complexity index is 496. The second kappa shape index (κ2) is 5.79.